The highest BCUT2D eigenvalue weighted by atomic mass is 127. The summed E-state index contributed by atoms with van der Waals surface area (Å²) in [5, 5.41) is 13.8. The van der Waals surface area contributed by atoms with Crippen LogP contribution >= 0.6 is 22.6 Å². The number of hydrogen-bond donors (Lipinski definition) is 2. The lowest BCUT2D eigenvalue weighted by molar-refractivity contribution is 0.0934. The summed E-state index contributed by atoms with van der Waals surface area (Å²) in [4.78, 5) is 12.1. The fourth-order valence-corrected chi connectivity index (χ4v) is 2.49. The van der Waals surface area contributed by atoms with Crippen molar-refractivity contribution in [1.29, 1.82) is 0 Å². The van der Waals surface area contributed by atoms with Crippen LogP contribution in [0.1, 0.15) is 41.6 Å². The largest absolute Gasteiger partial charge is 0.344 e. The molecule has 1 unspecified atom stereocenters. The molecule has 0 aromatic carbocycles. The molecule has 1 atom stereocenters. The SMILES string of the molecule is CCn1ncc(C(C)NC(=O)c2[nH]ncc2I)c1C. The molecule has 19 heavy (non-hydrogen) atoms. The van der Waals surface area contributed by atoms with Crippen LogP contribution in [0.4, 0.5) is 0 Å². The first-order chi connectivity index (χ1) is 9.04. The van der Waals surface area contributed by atoms with Crippen molar-refractivity contribution in [1.82, 2.24) is 25.3 Å². The van der Waals surface area contributed by atoms with E-state index in [4.69, 9.17) is 0 Å². The average Bonchev–Trinajstić information content (AvgIpc) is 2.95. The number of rotatable bonds is 4. The van der Waals surface area contributed by atoms with Gasteiger partial charge < -0.3 is 5.32 Å². The molecule has 0 aliphatic carbocycles. The minimum Gasteiger partial charge on any atom is -0.344 e. The number of amides is 1. The molecule has 2 heterocycles. The molecule has 2 rings (SSSR count). The zero-order chi connectivity index (χ0) is 14.0. The second-order valence-electron chi connectivity index (χ2n) is 4.29. The van der Waals surface area contributed by atoms with Crippen molar-refractivity contribution in [2.75, 3.05) is 0 Å². The Morgan fingerprint density at radius 2 is 2.32 bits per heavy atom. The number of carbonyl (C=O) groups excluding carboxylic acids is 1. The Hall–Kier alpha value is -1.38. The Labute approximate surface area is 125 Å². The van der Waals surface area contributed by atoms with Gasteiger partial charge in [0.2, 0.25) is 0 Å². The lowest BCUT2D eigenvalue weighted by atomic mass is 10.1. The van der Waals surface area contributed by atoms with Crippen LogP contribution < -0.4 is 5.32 Å². The molecule has 0 saturated carbocycles. The topological polar surface area (TPSA) is 75.6 Å². The molecule has 0 aliphatic heterocycles. The normalized spacial score (nSPS) is 12.4. The van der Waals surface area contributed by atoms with Gasteiger partial charge in [-0.1, -0.05) is 0 Å². The first-order valence-electron chi connectivity index (χ1n) is 6.06. The molecule has 0 aliphatic rings. The second-order valence-corrected chi connectivity index (χ2v) is 5.45. The minimum absolute atomic E-state index is 0.0908. The van der Waals surface area contributed by atoms with Crippen molar-refractivity contribution >= 4 is 28.5 Å². The quantitative estimate of drug-likeness (QED) is 0.806. The van der Waals surface area contributed by atoms with E-state index in [1.807, 2.05) is 31.6 Å². The van der Waals surface area contributed by atoms with E-state index in [2.05, 4.69) is 43.2 Å². The van der Waals surface area contributed by atoms with E-state index in [9.17, 15) is 4.79 Å². The number of carbonyl (C=O) groups is 1. The summed E-state index contributed by atoms with van der Waals surface area (Å²) in [5.74, 6) is -0.155. The van der Waals surface area contributed by atoms with Gasteiger partial charge in [-0.25, -0.2) is 0 Å². The molecule has 2 aromatic rings. The molecule has 1 amide bonds. The monoisotopic (exact) mass is 373 g/mol. The first-order valence-corrected chi connectivity index (χ1v) is 7.14. The molecule has 0 fully saturated rings. The maximum absolute atomic E-state index is 12.1. The van der Waals surface area contributed by atoms with Crippen molar-refractivity contribution in [3.05, 3.63) is 32.9 Å². The zero-order valence-corrected chi connectivity index (χ0v) is 13.2. The van der Waals surface area contributed by atoms with Crippen LogP contribution in [-0.2, 0) is 6.54 Å². The Kier molecular flexibility index (Phi) is 4.23. The number of aromatic nitrogens is 4. The van der Waals surface area contributed by atoms with E-state index in [0.29, 0.717) is 5.69 Å². The van der Waals surface area contributed by atoms with E-state index in [-0.39, 0.29) is 11.9 Å². The highest BCUT2D eigenvalue weighted by Crippen LogP contribution is 2.18. The Morgan fingerprint density at radius 3 is 2.84 bits per heavy atom. The van der Waals surface area contributed by atoms with Crippen LogP contribution in [0.2, 0.25) is 0 Å². The summed E-state index contributed by atoms with van der Waals surface area (Å²) in [6.45, 7) is 6.82. The van der Waals surface area contributed by atoms with Gasteiger partial charge >= 0.3 is 0 Å². The third-order valence-electron chi connectivity index (χ3n) is 3.07. The number of H-pyrrole nitrogens is 1. The Morgan fingerprint density at radius 1 is 1.58 bits per heavy atom. The van der Waals surface area contributed by atoms with Gasteiger partial charge in [-0.3, -0.25) is 14.6 Å². The zero-order valence-electron chi connectivity index (χ0n) is 11.1. The number of hydrogen-bond acceptors (Lipinski definition) is 3. The first kappa shape index (κ1) is 14.0. The average molecular weight is 373 g/mol. The van der Waals surface area contributed by atoms with Gasteiger partial charge in [-0.05, 0) is 43.4 Å². The van der Waals surface area contributed by atoms with Crippen molar-refractivity contribution in [2.45, 2.75) is 33.4 Å². The van der Waals surface area contributed by atoms with Gasteiger partial charge in [0.15, 0.2) is 0 Å². The summed E-state index contributed by atoms with van der Waals surface area (Å²) >= 11 is 2.08. The van der Waals surface area contributed by atoms with E-state index >= 15 is 0 Å². The Bertz CT molecular complexity index is 589. The number of aryl methyl sites for hydroxylation is 1. The maximum Gasteiger partial charge on any atom is 0.270 e. The van der Waals surface area contributed by atoms with Gasteiger partial charge in [-0.15, -0.1) is 0 Å². The lowest BCUT2D eigenvalue weighted by Gasteiger charge is -2.13. The summed E-state index contributed by atoms with van der Waals surface area (Å²) in [6, 6.07) is -0.0908. The molecular formula is C12H16IN5O. The molecule has 2 aromatic heterocycles. The van der Waals surface area contributed by atoms with Crippen LogP contribution in [0, 0.1) is 10.5 Å². The summed E-state index contributed by atoms with van der Waals surface area (Å²) in [7, 11) is 0. The second kappa shape index (κ2) is 5.72. The minimum atomic E-state index is -0.155. The van der Waals surface area contributed by atoms with Crippen LogP contribution in [0.3, 0.4) is 0 Å². The van der Waals surface area contributed by atoms with Gasteiger partial charge in [0.05, 0.1) is 22.0 Å². The van der Waals surface area contributed by atoms with Gasteiger partial charge in [0, 0.05) is 17.8 Å². The fraction of sp³-hybridized carbons (Fsp3) is 0.417. The molecule has 0 spiro atoms. The van der Waals surface area contributed by atoms with Crippen LogP contribution in [0.25, 0.3) is 0 Å². The van der Waals surface area contributed by atoms with Gasteiger partial charge in [0.25, 0.3) is 5.91 Å². The molecule has 0 bridgehead atoms. The molecule has 0 radical (unpaired) electrons. The summed E-state index contributed by atoms with van der Waals surface area (Å²) in [6.07, 6.45) is 3.43. The van der Waals surface area contributed by atoms with Crippen LogP contribution in [-0.4, -0.2) is 25.9 Å². The molecule has 102 valence electrons. The number of halogens is 1. The van der Waals surface area contributed by atoms with E-state index in [1.54, 1.807) is 6.20 Å². The smallest absolute Gasteiger partial charge is 0.270 e. The van der Waals surface area contributed by atoms with Gasteiger partial charge in [0.1, 0.15) is 5.69 Å². The van der Waals surface area contributed by atoms with Crippen molar-refractivity contribution < 1.29 is 4.79 Å². The van der Waals surface area contributed by atoms with Crippen LogP contribution in [0.15, 0.2) is 12.4 Å². The number of nitrogens with zero attached hydrogens (tertiary/aromatic N) is 3. The third kappa shape index (κ3) is 2.80. The predicted molar refractivity (Wildman–Crippen MR) is 79.8 cm³/mol. The molecule has 7 heteroatoms. The van der Waals surface area contributed by atoms with Crippen molar-refractivity contribution in [2.24, 2.45) is 0 Å². The molecule has 0 saturated heterocycles. The standard InChI is InChI=1S/C12H16IN5O/c1-4-18-8(3)9(5-15-18)7(2)16-12(19)11-10(13)6-14-17-11/h5-7H,4H2,1-3H3,(H,14,17)(H,16,19). The molecule has 6 nitrogen and oxygen atoms in total. The van der Waals surface area contributed by atoms with Crippen molar-refractivity contribution in [3.63, 3.8) is 0 Å². The van der Waals surface area contributed by atoms with Gasteiger partial charge in [-0.2, -0.15) is 10.2 Å². The number of aromatic amines is 1. The molecular weight excluding hydrogens is 357 g/mol. The van der Waals surface area contributed by atoms with Crippen molar-refractivity contribution in [3.8, 4) is 0 Å². The fourth-order valence-electron chi connectivity index (χ4n) is 1.98. The molecule has 2 N–H and O–H groups in total. The van der Waals surface area contributed by atoms with Crippen LogP contribution in [0.5, 0.6) is 0 Å². The highest BCUT2D eigenvalue weighted by Gasteiger charge is 2.18. The van der Waals surface area contributed by atoms with E-state index in [1.165, 1.54) is 0 Å². The highest BCUT2D eigenvalue weighted by molar-refractivity contribution is 14.1. The number of nitrogens with one attached hydrogen (secondary N) is 2. The van der Waals surface area contributed by atoms with E-state index < -0.39 is 0 Å². The summed E-state index contributed by atoms with van der Waals surface area (Å²) < 4.78 is 2.72. The maximum atomic E-state index is 12.1. The van der Waals surface area contributed by atoms with E-state index in [0.717, 1.165) is 21.4 Å². The Balaban J connectivity index is 2.13. The predicted octanol–water partition coefficient (Wildman–Crippen LogP) is 2.03. The summed E-state index contributed by atoms with van der Waals surface area (Å²) in [5.41, 5.74) is 2.60. The third-order valence-corrected chi connectivity index (χ3v) is 3.89. The lowest BCUT2D eigenvalue weighted by Crippen LogP contribution is -2.27.